The molecule has 0 saturated heterocycles. The molecule has 0 amide bonds. The Labute approximate surface area is 653 Å². The molecular weight excluding hydrogens is 1510 g/mol. The fourth-order valence-electron chi connectivity index (χ4n) is 16.6. The molecule has 104 heavy (non-hydrogen) atoms. The van der Waals surface area contributed by atoms with E-state index in [0.717, 1.165) is 95.1 Å². The SMILES string of the molecule is CCCCCCC1=CC=S(C2(c3ccc(CCCCCC)s3)c3cc4c(cc3-c3sc5cc(/C=C6\C(=O)c7sc8ccsc8c7C6=C(C#N)C#N)sc5c32)C(c2ccc(CCCCCC)s2)(c2ccc(CCCCCC)s2)c2c-4sc3cc(/C=C4\C(=O)c5sc6ccsc6c5C4=C(C#N)C#N)sc23)C1. The van der Waals surface area contributed by atoms with Crippen molar-refractivity contribution < 1.29 is 9.59 Å². The minimum atomic E-state index is -0.714. The quantitative estimate of drug-likeness (QED) is 0.0230. The van der Waals surface area contributed by atoms with E-state index in [9.17, 15) is 30.6 Å². The first-order valence-corrected chi connectivity index (χ1v) is 47.1. The molecule has 0 N–H and O–H groups in total. The number of hydrogen-bond acceptors (Lipinski definition) is 17. The summed E-state index contributed by atoms with van der Waals surface area (Å²) in [6.07, 6.45) is 29.7. The minimum absolute atomic E-state index is 0.0348. The molecule has 6 nitrogen and oxygen atoms in total. The molecule has 0 radical (unpaired) electrons. The van der Waals surface area contributed by atoms with Crippen LogP contribution in [0.1, 0.15) is 229 Å². The summed E-state index contributed by atoms with van der Waals surface area (Å²) < 4.78 is 8.10. The molecule has 17 rings (SSSR count). The molecule has 18 heteroatoms. The van der Waals surface area contributed by atoms with Crippen LogP contribution < -0.4 is 0 Å². The molecule has 5 aliphatic rings. The highest BCUT2D eigenvalue weighted by Crippen LogP contribution is 2.72. The zero-order valence-corrected chi connectivity index (χ0v) is 68.0. The molecule has 12 aromatic rings. The van der Waals surface area contributed by atoms with E-state index >= 15 is 0 Å². The first kappa shape index (κ1) is 70.2. The molecule has 12 heterocycles. The Balaban J connectivity index is 0.917. The number of rotatable bonds is 26. The predicted octanol–water partition coefficient (Wildman–Crippen LogP) is 28.1. The van der Waals surface area contributed by atoms with E-state index in [1.165, 1.54) is 198 Å². The smallest absolute Gasteiger partial charge is 0.204 e. The number of nitriles is 4. The third kappa shape index (κ3) is 11.3. The highest BCUT2D eigenvalue weighted by molar-refractivity contribution is 8.16. The van der Waals surface area contributed by atoms with Crippen LogP contribution in [0.15, 0.2) is 117 Å². The summed E-state index contributed by atoms with van der Waals surface area (Å²) in [5, 5.41) is 49.1. The van der Waals surface area contributed by atoms with Gasteiger partial charge in [-0.1, -0.05) is 116 Å². The van der Waals surface area contributed by atoms with Gasteiger partial charge in [0.15, 0.2) is 0 Å². The Morgan fingerprint density at radius 1 is 0.452 bits per heavy atom. The summed E-state index contributed by atoms with van der Waals surface area (Å²) in [5.74, 6) is 0.720. The van der Waals surface area contributed by atoms with Crippen LogP contribution in [-0.4, -0.2) is 22.7 Å². The average molecular weight is 1580 g/mol. The van der Waals surface area contributed by atoms with E-state index in [4.69, 9.17) is 0 Å². The van der Waals surface area contributed by atoms with Gasteiger partial charge in [0.2, 0.25) is 11.6 Å². The van der Waals surface area contributed by atoms with E-state index in [1.807, 2.05) is 91.7 Å². The molecule has 520 valence electrons. The first-order chi connectivity index (χ1) is 51.0. The Kier molecular flexibility index (Phi) is 19.6. The molecule has 0 saturated carbocycles. The van der Waals surface area contributed by atoms with E-state index in [2.05, 4.69) is 124 Å². The lowest BCUT2D eigenvalue weighted by Gasteiger charge is -2.35. The van der Waals surface area contributed by atoms with E-state index in [-0.39, 0.29) is 33.2 Å². The number of unbranched alkanes of at least 4 members (excludes halogenated alkanes) is 12. The number of hydrogen-bond donors (Lipinski definition) is 0. The topological polar surface area (TPSA) is 129 Å². The van der Waals surface area contributed by atoms with Crippen LogP contribution >= 0.6 is 135 Å². The van der Waals surface area contributed by atoms with Crippen LogP contribution in [0.4, 0.5) is 0 Å². The van der Waals surface area contributed by atoms with Crippen molar-refractivity contribution in [1.82, 2.24) is 0 Å². The van der Waals surface area contributed by atoms with Crippen LogP contribution in [0.3, 0.4) is 0 Å². The number of benzene rings is 1. The van der Waals surface area contributed by atoms with E-state index < -0.39 is 10.2 Å². The van der Waals surface area contributed by atoms with Gasteiger partial charge in [-0.2, -0.15) is 31.5 Å². The number of ketones is 2. The summed E-state index contributed by atoms with van der Waals surface area (Å²) in [6.45, 7) is 9.16. The highest BCUT2D eigenvalue weighted by Gasteiger charge is 2.56. The van der Waals surface area contributed by atoms with Crippen molar-refractivity contribution in [2.45, 2.75) is 166 Å². The lowest BCUT2D eigenvalue weighted by atomic mass is 9.75. The van der Waals surface area contributed by atoms with Crippen molar-refractivity contribution in [3.05, 3.63) is 200 Å². The van der Waals surface area contributed by atoms with Gasteiger partial charge in [-0.3, -0.25) is 9.59 Å². The lowest BCUT2D eigenvalue weighted by molar-refractivity contribution is 0.103. The number of thiophene rings is 11. The Morgan fingerprint density at radius 3 is 1.38 bits per heavy atom. The second-order valence-electron chi connectivity index (χ2n) is 27.8. The average Bonchev–Trinajstić information content (AvgIpc) is 1.49. The Morgan fingerprint density at radius 2 is 0.885 bits per heavy atom. The van der Waals surface area contributed by atoms with Crippen LogP contribution in [0, 0.1) is 45.3 Å². The molecule has 0 fully saturated rings. The molecule has 2 atom stereocenters. The number of carbonyl (C=O) groups excluding carboxylic acids is 2. The van der Waals surface area contributed by atoms with Gasteiger partial charge in [0, 0.05) is 118 Å². The maximum absolute atomic E-state index is 14.9. The van der Waals surface area contributed by atoms with Gasteiger partial charge in [0.25, 0.3) is 0 Å². The third-order valence-corrected chi connectivity index (χ3v) is 37.2. The fraction of sp³-hybridized carbons (Fsp3) is 0.314. The van der Waals surface area contributed by atoms with Crippen molar-refractivity contribution in [3.63, 3.8) is 0 Å². The zero-order chi connectivity index (χ0) is 71.1. The lowest BCUT2D eigenvalue weighted by Crippen LogP contribution is -2.27. The molecule has 0 spiro atoms. The standard InChI is InChI=1S/C86H72N4O2S12/c1-5-9-13-17-21-48-33-36-104(47-48)86(68-30-27-53(97-68)24-20-16-12-8-4)61-42-56-60(41-57(61)78-74(86)82-65(103-78)40-55(99-82)38-59-70(50(45-89)46-90)72-80-63(32-35-94-80)101-84(72)76(59)92)85(66-28-25-51(95-66)22-18-14-10-6-2,67-29-26-52(96-67)23-19-15-11-7-3)73-77(56)102-64-39-54(98-81(64)73)37-58-69(49(43-87)44-88)71-79-62(31-34-93-79)100-83(71)75(58)91/h25-42H,5-24,47H2,1-4H3/b58-37-,59-38-. The van der Waals surface area contributed by atoms with Crippen LogP contribution in [0.5, 0.6) is 0 Å². The van der Waals surface area contributed by atoms with Crippen molar-refractivity contribution in [3.8, 4) is 45.2 Å². The molecule has 1 aliphatic heterocycles. The van der Waals surface area contributed by atoms with Gasteiger partial charge >= 0.3 is 0 Å². The molecule has 0 bridgehead atoms. The van der Waals surface area contributed by atoms with Gasteiger partial charge in [-0.05, 0) is 175 Å². The minimum Gasteiger partial charge on any atom is -0.288 e. The first-order valence-electron chi connectivity index (χ1n) is 36.5. The predicted molar refractivity (Wildman–Crippen MR) is 455 cm³/mol. The number of nitrogens with zero attached hydrogens (tertiary/aromatic N) is 4. The summed E-state index contributed by atoms with van der Waals surface area (Å²) >= 11 is 19.3. The third-order valence-electron chi connectivity index (χ3n) is 21.4. The number of Topliss-reactive ketones (excluding diaryl/α,β-unsaturated/α-hetero) is 2. The maximum Gasteiger partial charge on any atom is 0.204 e. The van der Waals surface area contributed by atoms with E-state index in [0.29, 0.717) is 32.0 Å². The van der Waals surface area contributed by atoms with Gasteiger partial charge in [-0.15, -0.1) is 125 Å². The van der Waals surface area contributed by atoms with Crippen LogP contribution in [0.2, 0.25) is 0 Å². The van der Waals surface area contributed by atoms with Crippen molar-refractivity contribution >= 4 is 213 Å². The normalized spacial score (nSPS) is 17.5. The van der Waals surface area contributed by atoms with Gasteiger partial charge in [0.05, 0.1) is 38.7 Å². The molecule has 2 unspecified atom stereocenters. The molecule has 4 aliphatic carbocycles. The monoisotopic (exact) mass is 1580 g/mol. The molecule has 1 aromatic carbocycles. The Bertz CT molecular complexity index is 5840. The van der Waals surface area contributed by atoms with Crippen LogP contribution in [-0.2, 0) is 29.4 Å². The highest BCUT2D eigenvalue weighted by atomic mass is 32.2. The number of allylic oxidation sites excluding steroid dienone is 7. The van der Waals surface area contributed by atoms with Crippen molar-refractivity contribution in [2.75, 3.05) is 5.75 Å². The summed E-state index contributed by atoms with van der Waals surface area (Å²) in [7, 11) is -0.345. The van der Waals surface area contributed by atoms with Gasteiger partial charge in [-0.25, -0.2) is 0 Å². The number of carbonyl (C=O) groups is 2. The van der Waals surface area contributed by atoms with Gasteiger partial charge < -0.3 is 0 Å². The zero-order valence-electron chi connectivity index (χ0n) is 58.2. The summed E-state index contributed by atoms with van der Waals surface area (Å²) in [6, 6.07) is 37.6. The fourth-order valence-corrected chi connectivity index (χ4v) is 33.8. The second-order valence-corrected chi connectivity index (χ2v) is 41.6. The second kappa shape index (κ2) is 29.1. The number of fused-ring (bicyclic) bond motifs is 16. The largest absolute Gasteiger partial charge is 0.288 e. The van der Waals surface area contributed by atoms with Crippen LogP contribution in [0.25, 0.3) is 81.8 Å². The molecular formula is C86H72N4O2S12. The van der Waals surface area contributed by atoms with Crippen molar-refractivity contribution in [1.29, 1.82) is 21.0 Å². The molecule has 11 aromatic heterocycles. The maximum atomic E-state index is 14.9. The van der Waals surface area contributed by atoms with Gasteiger partial charge in [0.1, 0.15) is 35.4 Å². The number of aryl methyl sites for hydroxylation is 3. The van der Waals surface area contributed by atoms with E-state index in [1.54, 1.807) is 45.3 Å². The Hall–Kier alpha value is -6.82. The summed E-state index contributed by atoms with van der Waals surface area (Å²) in [5.41, 5.74) is 11.9. The summed E-state index contributed by atoms with van der Waals surface area (Å²) in [4.78, 5) is 43.8. The van der Waals surface area contributed by atoms with Crippen molar-refractivity contribution in [2.24, 2.45) is 0 Å².